The average Bonchev–Trinajstić information content (AvgIpc) is 1.63. The van der Waals surface area contributed by atoms with E-state index >= 15 is 0 Å². The number of hydrogen-bond donors (Lipinski definition) is 6. The smallest absolute Gasteiger partial charge is 0.768 e. The molecule has 131 heavy (non-hydrogen) atoms. The number of amides is 5. The van der Waals surface area contributed by atoms with Crippen molar-refractivity contribution >= 4 is 46.6 Å². The second-order valence-electron chi connectivity index (χ2n) is 37.5. The van der Waals surface area contributed by atoms with Gasteiger partial charge in [0, 0.05) is 107 Å². The minimum absolute atomic E-state index is 0. The number of aliphatic hydroxyl groups excluding tert-OH is 1. The van der Waals surface area contributed by atoms with Crippen molar-refractivity contribution < 1.29 is 98.8 Å². The van der Waals surface area contributed by atoms with Crippen molar-refractivity contribution in [3.63, 3.8) is 0 Å². The zero-order chi connectivity index (χ0) is 98.0. The Morgan fingerprint density at radius 3 is 1.03 bits per heavy atom. The quantitative estimate of drug-likeness (QED) is 0.0104. The van der Waals surface area contributed by atoms with Gasteiger partial charge in [-0.15, -0.1) is 0 Å². The first-order valence-electron chi connectivity index (χ1n) is 50.8. The maximum absolute atomic E-state index is 13.0. The van der Waals surface area contributed by atoms with E-state index in [2.05, 4.69) is 216 Å². The van der Waals surface area contributed by atoms with Crippen LogP contribution in [0, 0.1) is 33.0 Å². The van der Waals surface area contributed by atoms with Gasteiger partial charge in [0.2, 0.25) is 29.5 Å². The standard InChI is InChI=1S/C25H44N2O3S.C22H44N2O4.2C20H35N3O.C18H34N4O.K/c1-6-9-17-27(18-10-7-2)19-11-16-26-24(28)25(5,8-3)20-21(4)22-12-14-23(15-13-22)31(29)30;1-6-9-13-24(14-10-7-2)15-11-12-23-21(27)22(5,8-3)18-19(4)20(26)28-17-16-25;1-6-20(5,16-17(4)18-10-13-21-14-11-18)19(24)22-12-9-15-23(7-2)8-3;1-6-20(5,16-17(4)18-12-9-10-13-21-18)19(24)22-14-11-15-23(7-2)8-3;1-6-18(5,14-16(4)22-13-11-19-15-22)17(23)20-10-9-12-21(7-2)8-3;/h12-15,21H,6-11,16-20H2,1-5H3,(H,26,28)(H,29,30);19,25H,6-18H2,1-5H3,(H,23,27);10-11,13-14,17H,6-9,12,15-16H2,1-5H3,(H,22,24);9-10,12-13,17H,6-8,11,14-16H2,1-5H3,(H,22,24);11,13,15-16H,6-10,12,14H2,1-5H3,(H,20,23);/q;;;;;+1/p-1. The molecule has 0 saturated heterocycles. The van der Waals surface area contributed by atoms with E-state index in [4.69, 9.17) is 9.84 Å². The third-order valence-corrected chi connectivity index (χ3v) is 27.6. The molecule has 0 bridgehead atoms. The Labute approximate surface area is 844 Å². The van der Waals surface area contributed by atoms with Gasteiger partial charge >= 0.3 is 57.4 Å². The van der Waals surface area contributed by atoms with Crippen LogP contribution >= 0.6 is 0 Å². The minimum atomic E-state index is -2.21. The molecule has 4 rings (SSSR count). The zero-order valence-corrected chi connectivity index (χ0v) is 91.9. The Morgan fingerprint density at radius 1 is 0.412 bits per heavy atom. The number of carbonyl (C=O) groups excluding carboxylic acids is 6. The number of ether oxygens (including phenoxy) is 1. The molecule has 26 heteroatoms. The Hall–Kier alpha value is -4.94. The van der Waals surface area contributed by atoms with Crippen LogP contribution in [0.4, 0.5) is 0 Å². The molecule has 3 heterocycles. The topological polar surface area (TPSA) is 292 Å². The average molecular weight is 1880 g/mol. The molecule has 3 aromatic heterocycles. The first-order valence-corrected chi connectivity index (χ1v) is 51.9. The molecule has 4 aromatic rings. The summed E-state index contributed by atoms with van der Waals surface area (Å²) in [4.78, 5) is 101. The molecular formula is C105H191KN14O10S. The van der Waals surface area contributed by atoms with Crippen molar-refractivity contribution in [3.8, 4) is 0 Å². The fraction of sp³-hybridized carbons (Fsp3) is 0.762. The van der Waals surface area contributed by atoms with Crippen LogP contribution in [-0.4, -0.2) is 238 Å². The van der Waals surface area contributed by atoms with E-state index in [1.807, 2.05) is 94.4 Å². The third-order valence-electron chi connectivity index (χ3n) is 27.0. The largest absolute Gasteiger partial charge is 1.00 e. The Morgan fingerprint density at radius 2 is 0.733 bits per heavy atom. The Bertz CT molecular complexity index is 3450. The van der Waals surface area contributed by atoms with Crippen molar-refractivity contribution in [1.82, 2.24) is 70.6 Å². The predicted octanol–water partition coefficient (Wildman–Crippen LogP) is 16.4. The van der Waals surface area contributed by atoms with Crippen molar-refractivity contribution in [2.24, 2.45) is 33.0 Å². The molecule has 0 spiro atoms. The summed E-state index contributed by atoms with van der Waals surface area (Å²) in [6.45, 7) is 72.4. The van der Waals surface area contributed by atoms with Gasteiger partial charge in [0.05, 0.1) is 18.9 Å². The van der Waals surface area contributed by atoms with Crippen LogP contribution in [0.2, 0.25) is 0 Å². The number of nitrogens with zero attached hydrogens (tertiary/aromatic N) is 9. The Balaban J connectivity index is 0. The number of aliphatic hydroxyl groups is 1. The molecule has 1 aromatic carbocycles. The fourth-order valence-corrected chi connectivity index (χ4v) is 16.7. The molecule has 0 aliphatic heterocycles. The molecule has 5 amide bonds. The van der Waals surface area contributed by atoms with Crippen molar-refractivity contribution in [3.05, 3.63) is 109 Å². The number of benzene rings is 1. The number of esters is 1. The molecule has 11 unspecified atom stereocenters. The number of unbranched alkanes of at least 4 members (excludes halogenated alkanes) is 4. The van der Waals surface area contributed by atoms with Crippen molar-refractivity contribution in [1.29, 1.82) is 0 Å². The number of carbonyl (C=O) groups is 6. The van der Waals surface area contributed by atoms with Gasteiger partial charge in [0.1, 0.15) is 6.61 Å². The van der Waals surface area contributed by atoms with Crippen molar-refractivity contribution in [2.75, 3.05) is 144 Å². The molecular weight excluding hydrogens is 1690 g/mol. The third kappa shape index (κ3) is 53.0. The second kappa shape index (κ2) is 75.1. The SMILES string of the molecule is CCCCN(CCCC)CCCNC(=O)C(C)(CC)CC(C)C(=O)OCCO.CCCCN(CCCC)CCCNC(=O)C(C)(CC)CC(C)c1ccc(S(=O)[O-])cc1.CCN(CC)CCCNC(=O)C(C)(CC)CC(C)c1ccccn1.CCN(CC)CCCNC(=O)C(C)(CC)CC(C)c1ccncc1.CCN(CC)CCCNC(=O)C(C)(CC)CC(C)n1ccnc1.[K+]. The summed E-state index contributed by atoms with van der Waals surface area (Å²) in [5.41, 5.74) is 1.34. The number of imidazole rings is 1. The van der Waals surface area contributed by atoms with Gasteiger partial charge in [0.25, 0.3) is 0 Å². The van der Waals surface area contributed by atoms with E-state index in [1.54, 1.807) is 25.3 Å². The van der Waals surface area contributed by atoms with Gasteiger partial charge in [-0.25, -0.2) is 4.98 Å². The van der Waals surface area contributed by atoms with E-state index in [9.17, 15) is 37.5 Å². The summed E-state index contributed by atoms with van der Waals surface area (Å²) in [6, 6.07) is 17.3. The number of rotatable bonds is 66. The van der Waals surface area contributed by atoms with Crippen LogP contribution in [0.1, 0.15) is 361 Å². The maximum Gasteiger partial charge on any atom is 1.00 e. The molecule has 24 nitrogen and oxygen atoms in total. The molecule has 6 N–H and O–H groups in total. The van der Waals surface area contributed by atoms with E-state index in [0.717, 1.165) is 213 Å². The summed E-state index contributed by atoms with van der Waals surface area (Å²) in [7, 11) is 0. The normalized spacial score (nSPS) is 15.0. The van der Waals surface area contributed by atoms with Gasteiger partial charge in [-0.05, 0) is 303 Å². The summed E-state index contributed by atoms with van der Waals surface area (Å²) < 4.78 is 29.2. The van der Waals surface area contributed by atoms with E-state index in [0.29, 0.717) is 36.7 Å². The second-order valence-corrected chi connectivity index (χ2v) is 38.5. The molecule has 0 radical (unpaired) electrons. The van der Waals surface area contributed by atoms with Crippen LogP contribution in [0.15, 0.2) is 96.8 Å². The maximum atomic E-state index is 13.0. The molecule has 0 aliphatic carbocycles. The van der Waals surface area contributed by atoms with E-state index in [-0.39, 0.29) is 140 Å². The first kappa shape index (κ1) is 128. The zero-order valence-electron chi connectivity index (χ0n) is 87.9. The summed E-state index contributed by atoms with van der Waals surface area (Å²) in [5, 5.41) is 24.5. The predicted molar refractivity (Wildman–Crippen MR) is 541 cm³/mol. The van der Waals surface area contributed by atoms with Crippen molar-refractivity contribution in [2.45, 2.75) is 349 Å². The number of hydrogen-bond acceptors (Lipinski definition) is 18. The number of aromatic nitrogens is 4. The Kier molecular flexibility index (Phi) is 73.5. The van der Waals surface area contributed by atoms with Gasteiger partial charge in [-0.3, -0.25) is 42.9 Å². The summed E-state index contributed by atoms with van der Waals surface area (Å²) in [5.74, 6) is 0.716. The van der Waals surface area contributed by atoms with Crippen LogP contribution in [-0.2, 0) is 44.6 Å². The van der Waals surface area contributed by atoms with Gasteiger partial charge in [0.15, 0.2) is 0 Å². The molecule has 748 valence electrons. The van der Waals surface area contributed by atoms with Crippen LogP contribution < -0.4 is 78.0 Å². The first-order chi connectivity index (χ1) is 62.0. The summed E-state index contributed by atoms with van der Waals surface area (Å²) >= 11 is -2.21. The molecule has 11 atom stereocenters. The van der Waals surface area contributed by atoms with Gasteiger partial charge in [-0.2, -0.15) is 0 Å². The van der Waals surface area contributed by atoms with E-state index in [1.165, 1.54) is 56.9 Å². The van der Waals surface area contributed by atoms with Crippen LogP contribution in [0.5, 0.6) is 0 Å². The van der Waals surface area contributed by atoms with Crippen LogP contribution in [0.25, 0.3) is 0 Å². The minimum Gasteiger partial charge on any atom is -0.768 e. The summed E-state index contributed by atoms with van der Waals surface area (Å²) in [6.07, 6.45) is 33.3. The van der Waals surface area contributed by atoms with Gasteiger partial charge in [-0.1, -0.05) is 210 Å². The van der Waals surface area contributed by atoms with Crippen LogP contribution in [0.3, 0.4) is 0 Å². The van der Waals surface area contributed by atoms with E-state index < -0.39 is 21.9 Å². The van der Waals surface area contributed by atoms with Gasteiger partial charge < -0.3 is 70.0 Å². The number of pyridine rings is 2. The molecule has 0 fully saturated rings. The fourth-order valence-electron chi connectivity index (χ4n) is 16.4. The molecule has 0 saturated carbocycles. The molecule has 0 aliphatic rings. The monoisotopic (exact) mass is 1880 g/mol. The number of nitrogens with one attached hydrogen (secondary N) is 5.